The zero-order valence-corrected chi connectivity index (χ0v) is 10.9. The van der Waals surface area contributed by atoms with Crippen LogP contribution in [0.15, 0.2) is 12.1 Å². The van der Waals surface area contributed by atoms with E-state index >= 15 is 0 Å². The fourth-order valence-electron chi connectivity index (χ4n) is 1.33. The summed E-state index contributed by atoms with van der Waals surface area (Å²) < 4.78 is 5.50. The van der Waals surface area contributed by atoms with E-state index in [1.165, 1.54) is 0 Å². The summed E-state index contributed by atoms with van der Waals surface area (Å²) in [6.07, 6.45) is 0.994. The minimum Gasteiger partial charge on any atom is -0.477 e. The lowest BCUT2D eigenvalue weighted by Crippen LogP contribution is -2.16. The van der Waals surface area contributed by atoms with Gasteiger partial charge in [0.25, 0.3) is 0 Å². The Balaban J connectivity index is 2.25. The molecular weight excluding hydrogens is 216 g/mol. The smallest absolute Gasteiger partial charge is 0.233 e. The van der Waals surface area contributed by atoms with Crippen LogP contribution in [0, 0.1) is 0 Å². The van der Waals surface area contributed by atoms with Crippen molar-refractivity contribution in [2.45, 2.75) is 19.9 Å². The standard InChI is InChI=1S/C12H22N4O/c1-4-13-10-11-6-7-12(15-14-11)17-9-5-8-16(2)3/h6-7,13H,4-5,8-10H2,1-3H3. The highest BCUT2D eigenvalue weighted by Gasteiger charge is 1.98. The van der Waals surface area contributed by atoms with Gasteiger partial charge in [0.1, 0.15) is 0 Å². The summed E-state index contributed by atoms with van der Waals surface area (Å²) in [5, 5.41) is 11.3. The molecule has 0 fully saturated rings. The average molecular weight is 238 g/mol. The lowest BCUT2D eigenvalue weighted by Gasteiger charge is -2.09. The van der Waals surface area contributed by atoms with Crippen LogP contribution in [0.2, 0.25) is 0 Å². The second-order valence-electron chi connectivity index (χ2n) is 4.15. The normalized spacial score (nSPS) is 10.8. The van der Waals surface area contributed by atoms with E-state index < -0.39 is 0 Å². The number of aromatic nitrogens is 2. The van der Waals surface area contributed by atoms with Crippen LogP contribution < -0.4 is 10.1 Å². The molecule has 1 heterocycles. The highest BCUT2D eigenvalue weighted by Crippen LogP contribution is 2.05. The van der Waals surface area contributed by atoms with Gasteiger partial charge in [-0.3, -0.25) is 0 Å². The largest absolute Gasteiger partial charge is 0.477 e. The van der Waals surface area contributed by atoms with Gasteiger partial charge in [-0.15, -0.1) is 5.10 Å². The molecule has 1 aromatic heterocycles. The summed E-state index contributed by atoms with van der Waals surface area (Å²) >= 11 is 0. The summed E-state index contributed by atoms with van der Waals surface area (Å²) in [6.45, 7) is 5.45. The second kappa shape index (κ2) is 7.97. The zero-order valence-electron chi connectivity index (χ0n) is 10.9. The van der Waals surface area contributed by atoms with Crippen LogP contribution in [0.5, 0.6) is 5.88 Å². The summed E-state index contributed by atoms with van der Waals surface area (Å²) in [5.41, 5.74) is 0.937. The van der Waals surface area contributed by atoms with Gasteiger partial charge in [-0.05, 0) is 33.1 Å². The topological polar surface area (TPSA) is 50.3 Å². The molecule has 1 N–H and O–H groups in total. The molecular formula is C12H22N4O. The molecule has 0 bridgehead atoms. The first kappa shape index (κ1) is 13.9. The molecule has 0 saturated carbocycles. The van der Waals surface area contributed by atoms with E-state index in [0.717, 1.165) is 31.7 Å². The second-order valence-corrected chi connectivity index (χ2v) is 4.15. The molecule has 5 nitrogen and oxygen atoms in total. The van der Waals surface area contributed by atoms with Crippen molar-refractivity contribution in [2.75, 3.05) is 33.8 Å². The molecule has 0 saturated heterocycles. The lowest BCUT2D eigenvalue weighted by molar-refractivity contribution is 0.270. The monoisotopic (exact) mass is 238 g/mol. The Labute approximate surface area is 103 Å². The maximum Gasteiger partial charge on any atom is 0.233 e. The van der Waals surface area contributed by atoms with E-state index in [2.05, 4.69) is 41.4 Å². The van der Waals surface area contributed by atoms with E-state index in [1.807, 2.05) is 12.1 Å². The van der Waals surface area contributed by atoms with Crippen molar-refractivity contribution in [1.29, 1.82) is 0 Å². The molecule has 0 aliphatic heterocycles. The quantitative estimate of drug-likeness (QED) is 0.682. The van der Waals surface area contributed by atoms with Gasteiger partial charge in [-0.2, -0.15) is 5.10 Å². The van der Waals surface area contributed by atoms with Crippen molar-refractivity contribution in [1.82, 2.24) is 20.4 Å². The average Bonchev–Trinajstić information content (AvgIpc) is 2.33. The SMILES string of the molecule is CCNCc1ccc(OCCCN(C)C)nn1. The van der Waals surface area contributed by atoms with Crippen LogP contribution in [-0.4, -0.2) is 48.9 Å². The molecule has 0 atom stereocenters. The van der Waals surface area contributed by atoms with Gasteiger partial charge < -0.3 is 15.0 Å². The first-order valence-electron chi connectivity index (χ1n) is 6.03. The van der Waals surface area contributed by atoms with Gasteiger partial charge in [0.05, 0.1) is 12.3 Å². The highest BCUT2D eigenvalue weighted by atomic mass is 16.5. The number of rotatable bonds is 8. The van der Waals surface area contributed by atoms with Gasteiger partial charge in [-0.25, -0.2) is 0 Å². The number of hydrogen-bond acceptors (Lipinski definition) is 5. The molecule has 17 heavy (non-hydrogen) atoms. The Bertz CT molecular complexity index is 300. The van der Waals surface area contributed by atoms with Crippen molar-refractivity contribution < 1.29 is 4.74 Å². The van der Waals surface area contributed by atoms with Gasteiger partial charge in [-0.1, -0.05) is 6.92 Å². The van der Waals surface area contributed by atoms with Gasteiger partial charge >= 0.3 is 0 Å². The van der Waals surface area contributed by atoms with Crippen LogP contribution in [0.4, 0.5) is 0 Å². The number of nitrogens with zero attached hydrogens (tertiary/aromatic N) is 3. The van der Waals surface area contributed by atoms with E-state index in [4.69, 9.17) is 4.74 Å². The van der Waals surface area contributed by atoms with Crippen LogP contribution in [0.1, 0.15) is 19.0 Å². The molecule has 0 radical (unpaired) electrons. The van der Waals surface area contributed by atoms with Crippen molar-refractivity contribution in [3.05, 3.63) is 17.8 Å². The molecule has 0 aromatic carbocycles. The van der Waals surface area contributed by atoms with E-state index in [-0.39, 0.29) is 0 Å². The van der Waals surface area contributed by atoms with Crippen LogP contribution >= 0.6 is 0 Å². The molecule has 0 aliphatic rings. The van der Waals surface area contributed by atoms with Crippen molar-refractivity contribution in [3.8, 4) is 5.88 Å². The third-order valence-corrected chi connectivity index (χ3v) is 2.25. The summed E-state index contributed by atoms with van der Waals surface area (Å²) in [5.74, 6) is 0.601. The van der Waals surface area contributed by atoms with Crippen LogP contribution in [0.3, 0.4) is 0 Å². The molecule has 5 heteroatoms. The molecule has 0 spiro atoms. The molecule has 1 aromatic rings. The Morgan fingerprint density at radius 1 is 1.29 bits per heavy atom. The van der Waals surface area contributed by atoms with Crippen LogP contribution in [0.25, 0.3) is 0 Å². The van der Waals surface area contributed by atoms with Gasteiger partial charge in [0.15, 0.2) is 0 Å². The van der Waals surface area contributed by atoms with Gasteiger partial charge in [0.2, 0.25) is 5.88 Å². The van der Waals surface area contributed by atoms with Crippen molar-refractivity contribution >= 4 is 0 Å². The summed E-state index contributed by atoms with van der Waals surface area (Å²) in [4.78, 5) is 2.13. The number of nitrogens with one attached hydrogen (secondary N) is 1. The minimum absolute atomic E-state index is 0.601. The predicted molar refractivity (Wildman–Crippen MR) is 68.1 cm³/mol. The zero-order chi connectivity index (χ0) is 12.5. The van der Waals surface area contributed by atoms with Crippen molar-refractivity contribution in [2.24, 2.45) is 0 Å². The Kier molecular flexibility index (Phi) is 6.50. The number of ether oxygens (including phenoxy) is 1. The fourth-order valence-corrected chi connectivity index (χ4v) is 1.33. The molecule has 0 amide bonds. The predicted octanol–water partition coefficient (Wildman–Crippen LogP) is 0.917. The van der Waals surface area contributed by atoms with Crippen LogP contribution in [-0.2, 0) is 6.54 Å². The highest BCUT2D eigenvalue weighted by molar-refractivity contribution is 5.11. The third kappa shape index (κ3) is 6.19. The van der Waals surface area contributed by atoms with Crippen molar-refractivity contribution in [3.63, 3.8) is 0 Å². The van der Waals surface area contributed by atoms with E-state index in [9.17, 15) is 0 Å². The molecule has 0 unspecified atom stereocenters. The van der Waals surface area contributed by atoms with E-state index in [1.54, 1.807) is 0 Å². The summed E-state index contributed by atoms with van der Waals surface area (Å²) in [7, 11) is 4.10. The third-order valence-electron chi connectivity index (χ3n) is 2.25. The molecule has 96 valence electrons. The Hall–Kier alpha value is -1.20. The maximum absolute atomic E-state index is 5.50. The summed E-state index contributed by atoms with van der Waals surface area (Å²) in [6, 6.07) is 3.81. The first-order valence-corrected chi connectivity index (χ1v) is 6.03. The van der Waals surface area contributed by atoms with E-state index in [0.29, 0.717) is 12.5 Å². The fraction of sp³-hybridized carbons (Fsp3) is 0.667. The molecule has 0 aliphatic carbocycles. The molecule has 1 rings (SSSR count). The van der Waals surface area contributed by atoms with Gasteiger partial charge in [0, 0.05) is 19.2 Å². The Morgan fingerprint density at radius 3 is 2.71 bits per heavy atom. The lowest BCUT2D eigenvalue weighted by atomic mass is 10.4. The minimum atomic E-state index is 0.601. The Morgan fingerprint density at radius 2 is 2.12 bits per heavy atom. The number of hydrogen-bond donors (Lipinski definition) is 1. The maximum atomic E-state index is 5.50. The first-order chi connectivity index (χ1) is 8.22.